The SMILES string of the molecule is N#CCc1cc2c(c(Br)c1F)OCCO2. The number of rotatable bonds is 1. The van der Waals surface area contributed by atoms with Crippen LogP contribution in [0.2, 0.25) is 0 Å². The average molecular weight is 272 g/mol. The number of nitrogens with zero attached hydrogens (tertiary/aromatic N) is 1. The van der Waals surface area contributed by atoms with Crippen molar-refractivity contribution in [3.8, 4) is 17.6 Å². The van der Waals surface area contributed by atoms with Crippen molar-refractivity contribution in [2.75, 3.05) is 13.2 Å². The first-order chi connectivity index (χ1) is 7.24. The van der Waals surface area contributed by atoms with Gasteiger partial charge in [-0.1, -0.05) is 0 Å². The maximum absolute atomic E-state index is 13.6. The lowest BCUT2D eigenvalue weighted by Gasteiger charge is -2.20. The molecule has 0 aromatic heterocycles. The summed E-state index contributed by atoms with van der Waals surface area (Å²) in [5, 5.41) is 8.54. The molecule has 1 aliphatic rings. The van der Waals surface area contributed by atoms with Gasteiger partial charge in [0.15, 0.2) is 11.5 Å². The van der Waals surface area contributed by atoms with Gasteiger partial charge in [-0.25, -0.2) is 4.39 Å². The smallest absolute Gasteiger partial charge is 0.178 e. The molecule has 0 spiro atoms. The number of hydrogen-bond acceptors (Lipinski definition) is 3. The summed E-state index contributed by atoms with van der Waals surface area (Å²) in [4.78, 5) is 0. The molecular weight excluding hydrogens is 265 g/mol. The maximum Gasteiger partial charge on any atom is 0.178 e. The summed E-state index contributed by atoms with van der Waals surface area (Å²) in [6.45, 7) is 0.847. The van der Waals surface area contributed by atoms with E-state index in [4.69, 9.17) is 14.7 Å². The molecule has 78 valence electrons. The summed E-state index contributed by atoms with van der Waals surface area (Å²) < 4.78 is 24.5. The predicted molar refractivity (Wildman–Crippen MR) is 54.4 cm³/mol. The Labute approximate surface area is 94.5 Å². The number of nitriles is 1. The minimum Gasteiger partial charge on any atom is -0.486 e. The first kappa shape index (κ1) is 10.2. The highest BCUT2D eigenvalue weighted by atomic mass is 79.9. The molecule has 0 N–H and O–H groups in total. The van der Waals surface area contributed by atoms with Crippen LogP contribution in [-0.4, -0.2) is 13.2 Å². The van der Waals surface area contributed by atoms with E-state index in [9.17, 15) is 4.39 Å². The molecule has 0 bridgehead atoms. The summed E-state index contributed by atoms with van der Waals surface area (Å²) in [7, 11) is 0. The highest BCUT2D eigenvalue weighted by Gasteiger charge is 2.21. The molecule has 3 nitrogen and oxygen atoms in total. The van der Waals surface area contributed by atoms with E-state index in [0.717, 1.165) is 0 Å². The van der Waals surface area contributed by atoms with Crippen LogP contribution < -0.4 is 9.47 Å². The fourth-order valence-electron chi connectivity index (χ4n) is 1.39. The fraction of sp³-hybridized carbons (Fsp3) is 0.300. The highest BCUT2D eigenvalue weighted by molar-refractivity contribution is 9.10. The van der Waals surface area contributed by atoms with Crippen molar-refractivity contribution in [1.82, 2.24) is 0 Å². The Morgan fingerprint density at radius 2 is 2.20 bits per heavy atom. The predicted octanol–water partition coefficient (Wildman–Crippen LogP) is 2.43. The van der Waals surface area contributed by atoms with Gasteiger partial charge in [0, 0.05) is 5.56 Å². The van der Waals surface area contributed by atoms with Crippen LogP contribution in [0, 0.1) is 17.1 Å². The van der Waals surface area contributed by atoms with E-state index in [2.05, 4.69) is 15.9 Å². The summed E-state index contributed by atoms with van der Waals surface area (Å²) in [5.74, 6) is 0.404. The molecule has 5 heteroatoms. The van der Waals surface area contributed by atoms with Gasteiger partial charge in [0.2, 0.25) is 0 Å². The molecule has 0 saturated heterocycles. The van der Waals surface area contributed by atoms with Crippen LogP contribution >= 0.6 is 15.9 Å². The summed E-state index contributed by atoms with van der Waals surface area (Å²) in [5.41, 5.74) is 0.314. The monoisotopic (exact) mass is 271 g/mol. The molecule has 0 amide bonds. The second kappa shape index (κ2) is 4.07. The van der Waals surface area contributed by atoms with Crippen molar-refractivity contribution >= 4 is 15.9 Å². The van der Waals surface area contributed by atoms with Crippen LogP contribution in [0.4, 0.5) is 4.39 Å². The zero-order valence-corrected chi connectivity index (χ0v) is 9.30. The highest BCUT2D eigenvalue weighted by Crippen LogP contribution is 2.40. The molecule has 0 unspecified atom stereocenters. The Bertz CT molecular complexity index is 442. The lowest BCUT2D eigenvalue weighted by molar-refractivity contribution is 0.169. The Kier molecular flexibility index (Phi) is 2.78. The van der Waals surface area contributed by atoms with Gasteiger partial charge < -0.3 is 9.47 Å². The number of ether oxygens (including phenoxy) is 2. The molecule has 0 atom stereocenters. The van der Waals surface area contributed by atoms with E-state index in [1.807, 2.05) is 6.07 Å². The van der Waals surface area contributed by atoms with E-state index >= 15 is 0 Å². The molecule has 1 heterocycles. The quantitative estimate of drug-likeness (QED) is 0.788. The zero-order valence-electron chi connectivity index (χ0n) is 7.72. The van der Waals surface area contributed by atoms with Gasteiger partial charge in [-0.2, -0.15) is 5.26 Å². The Morgan fingerprint density at radius 1 is 1.47 bits per heavy atom. The van der Waals surface area contributed by atoms with Crippen molar-refractivity contribution < 1.29 is 13.9 Å². The van der Waals surface area contributed by atoms with Crippen LogP contribution in [0.5, 0.6) is 11.5 Å². The lowest BCUT2D eigenvalue weighted by Crippen LogP contribution is -2.16. The van der Waals surface area contributed by atoms with E-state index < -0.39 is 5.82 Å². The number of halogens is 2. The van der Waals surface area contributed by atoms with E-state index in [0.29, 0.717) is 30.3 Å². The van der Waals surface area contributed by atoms with Gasteiger partial charge in [0.25, 0.3) is 0 Å². The third kappa shape index (κ3) is 1.77. The van der Waals surface area contributed by atoms with Crippen molar-refractivity contribution in [3.63, 3.8) is 0 Å². The third-order valence-electron chi connectivity index (χ3n) is 2.06. The van der Waals surface area contributed by atoms with Crippen LogP contribution in [0.3, 0.4) is 0 Å². The largest absolute Gasteiger partial charge is 0.486 e. The zero-order chi connectivity index (χ0) is 10.8. The first-order valence-electron chi connectivity index (χ1n) is 4.37. The van der Waals surface area contributed by atoms with Crippen molar-refractivity contribution in [2.24, 2.45) is 0 Å². The van der Waals surface area contributed by atoms with Crippen LogP contribution in [0.1, 0.15) is 5.56 Å². The molecular formula is C10H7BrFNO2. The molecule has 15 heavy (non-hydrogen) atoms. The fourth-order valence-corrected chi connectivity index (χ4v) is 1.95. The topological polar surface area (TPSA) is 42.2 Å². The number of hydrogen-bond donors (Lipinski definition) is 0. The van der Waals surface area contributed by atoms with Crippen molar-refractivity contribution in [3.05, 3.63) is 21.9 Å². The molecule has 0 aliphatic carbocycles. The standard InChI is InChI=1S/C10H7BrFNO2/c11-8-9(12)6(1-2-13)5-7-10(8)15-4-3-14-7/h5H,1,3-4H2. The average Bonchev–Trinajstić information content (AvgIpc) is 2.26. The Balaban J connectivity index is 2.53. The summed E-state index contributed by atoms with van der Waals surface area (Å²) in [6.07, 6.45) is 0.0150. The van der Waals surface area contributed by atoms with Crippen molar-refractivity contribution in [1.29, 1.82) is 5.26 Å². The number of benzene rings is 1. The molecule has 0 fully saturated rings. The minimum atomic E-state index is -0.458. The number of fused-ring (bicyclic) bond motifs is 1. The van der Waals surface area contributed by atoms with Crippen molar-refractivity contribution in [2.45, 2.75) is 6.42 Å². The molecule has 0 saturated carbocycles. The molecule has 1 aromatic rings. The minimum absolute atomic E-state index is 0.0150. The van der Waals surface area contributed by atoms with Gasteiger partial charge >= 0.3 is 0 Å². The normalized spacial score (nSPS) is 13.4. The van der Waals surface area contributed by atoms with E-state index in [1.54, 1.807) is 0 Å². The summed E-state index contributed by atoms with van der Waals surface area (Å²) >= 11 is 3.10. The van der Waals surface area contributed by atoms with Gasteiger partial charge in [-0.3, -0.25) is 0 Å². The second-order valence-corrected chi connectivity index (χ2v) is 3.82. The van der Waals surface area contributed by atoms with Gasteiger partial charge in [0.05, 0.1) is 17.0 Å². The first-order valence-corrected chi connectivity index (χ1v) is 5.16. The molecule has 1 aliphatic heterocycles. The van der Waals surface area contributed by atoms with E-state index in [1.165, 1.54) is 6.07 Å². The van der Waals surface area contributed by atoms with Crippen LogP contribution in [0.15, 0.2) is 10.5 Å². The lowest BCUT2D eigenvalue weighted by atomic mass is 10.1. The van der Waals surface area contributed by atoms with Gasteiger partial charge in [-0.15, -0.1) is 0 Å². The summed E-state index contributed by atoms with van der Waals surface area (Å²) in [6, 6.07) is 3.41. The molecule has 2 rings (SSSR count). The van der Waals surface area contributed by atoms with Crippen LogP contribution in [-0.2, 0) is 6.42 Å². The Hall–Kier alpha value is -1.28. The second-order valence-electron chi connectivity index (χ2n) is 3.02. The van der Waals surface area contributed by atoms with Gasteiger partial charge in [0.1, 0.15) is 19.0 Å². The van der Waals surface area contributed by atoms with Gasteiger partial charge in [-0.05, 0) is 22.0 Å². The van der Waals surface area contributed by atoms with Crippen LogP contribution in [0.25, 0.3) is 0 Å². The molecule has 0 radical (unpaired) electrons. The molecule has 1 aromatic carbocycles. The van der Waals surface area contributed by atoms with E-state index in [-0.39, 0.29) is 10.9 Å². The maximum atomic E-state index is 13.6. The third-order valence-corrected chi connectivity index (χ3v) is 2.77. The Morgan fingerprint density at radius 3 is 2.93 bits per heavy atom.